The molecule has 1 heteroatoms. The van der Waals surface area contributed by atoms with Crippen LogP contribution in [0.25, 0.3) is 11.1 Å². The second-order valence-corrected chi connectivity index (χ2v) is 4.93. The van der Waals surface area contributed by atoms with Crippen molar-refractivity contribution in [2.75, 3.05) is 0 Å². The van der Waals surface area contributed by atoms with Crippen LogP contribution in [-0.2, 0) is 0 Å². The summed E-state index contributed by atoms with van der Waals surface area (Å²) in [6, 6.07) is 18.6. The topological polar surface area (TPSA) is 9.23 Å². The Morgan fingerprint density at radius 3 is 2.06 bits per heavy atom. The molecular weight excluding hydrogens is 220 g/mol. The van der Waals surface area contributed by atoms with Gasteiger partial charge < -0.3 is 4.74 Å². The van der Waals surface area contributed by atoms with Crippen LogP contribution in [0, 0.1) is 5.92 Å². The molecular formula is C17H20O. The smallest absolute Gasteiger partial charge is 0.127 e. The molecule has 0 saturated carbocycles. The third kappa shape index (κ3) is 2.92. The summed E-state index contributed by atoms with van der Waals surface area (Å²) in [5.74, 6) is 1.47. The van der Waals surface area contributed by atoms with Crippen molar-refractivity contribution in [3.05, 3.63) is 54.6 Å². The number of hydrogen-bond acceptors (Lipinski definition) is 1. The molecule has 2 aromatic carbocycles. The van der Waals surface area contributed by atoms with Crippen LogP contribution < -0.4 is 4.74 Å². The second kappa shape index (κ2) is 5.72. The molecule has 0 heterocycles. The van der Waals surface area contributed by atoms with Crippen molar-refractivity contribution < 1.29 is 4.74 Å². The minimum absolute atomic E-state index is 0.217. The van der Waals surface area contributed by atoms with Gasteiger partial charge in [-0.15, -0.1) is 0 Å². The fourth-order valence-electron chi connectivity index (χ4n) is 1.76. The van der Waals surface area contributed by atoms with Gasteiger partial charge in [-0.2, -0.15) is 0 Å². The molecule has 0 amide bonds. The first-order valence-electron chi connectivity index (χ1n) is 6.49. The molecule has 0 radical (unpaired) electrons. The number of benzene rings is 2. The van der Waals surface area contributed by atoms with Crippen molar-refractivity contribution in [3.63, 3.8) is 0 Å². The predicted molar refractivity (Wildman–Crippen MR) is 76.8 cm³/mol. The number of hydrogen-bond donors (Lipinski definition) is 0. The fourth-order valence-corrected chi connectivity index (χ4v) is 1.76. The fraction of sp³-hybridized carbons (Fsp3) is 0.294. The standard InChI is InChI=1S/C17H20O/c1-13(2)14(3)18-17-12-8-7-11-16(17)15-9-5-4-6-10-15/h4-14H,1-3H3. The maximum Gasteiger partial charge on any atom is 0.127 e. The quantitative estimate of drug-likeness (QED) is 0.747. The summed E-state index contributed by atoms with van der Waals surface area (Å²) in [7, 11) is 0. The third-order valence-electron chi connectivity index (χ3n) is 3.22. The molecule has 2 aromatic rings. The predicted octanol–water partition coefficient (Wildman–Crippen LogP) is 4.78. The van der Waals surface area contributed by atoms with Crippen LogP contribution in [0.2, 0.25) is 0 Å². The molecule has 2 rings (SSSR count). The van der Waals surface area contributed by atoms with E-state index < -0.39 is 0 Å². The molecule has 1 nitrogen and oxygen atoms in total. The van der Waals surface area contributed by atoms with Crippen molar-refractivity contribution >= 4 is 0 Å². The van der Waals surface area contributed by atoms with Crippen LogP contribution in [0.15, 0.2) is 54.6 Å². The summed E-state index contributed by atoms with van der Waals surface area (Å²) in [5, 5.41) is 0. The molecule has 0 fully saturated rings. The van der Waals surface area contributed by atoms with Gasteiger partial charge in [0.1, 0.15) is 5.75 Å². The van der Waals surface area contributed by atoms with Gasteiger partial charge in [0.15, 0.2) is 0 Å². The summed E-state index contributed by atoms with van der Waals surface area (Å²) in [4.78, 5) is 0. The molecule has 0 aromatic heterocycles. The van der Waals surface area contributed by atoms with Gasteiger partial charge in [-0.05, 0) is 24.5 Å². The van der Waals surface area contributed by atoms with E-state index >= 15 is 0 Å². The molecule has 18 heavy (non-hydrogen) atoms. The zero-order chi connectivity index (χ0) is 13.0. The number of para-hydroxylation sites is 1. The van der Waals surface area contributed by atoms with Gasteiger partial charge in [-0.25, -0.2) is 0 Å². The van der Waals surface area contributed by atoms with Gasteiger partial charge in [0.25, 0.3) is 0 Å². The second-order valence-electron chi connectivity index (χ2n) is 4.93. The molecule has 0 saturated heterocycles. The van der Waals surface area contributed by atoms with Crippen LogP contribution in [0.5, 0.6) is 5.75 Å². The highest BCUT2D eigenvalue weighted by Crippen LogP contribution is 2.30. The van der Waals surface area contributed by atoms with E-state index in [0.717, 1.165) is 11.3 Å². The number of rotatable bonds is 4. The van der Waals surface area contributed by atoms with Crippen LogP contribution in [0.1, 0.15) is 20.8 Å². The molecule has 0 aliphatic carbocycles. The average Bonchev–Trinajstić information content (AvgIpc) is 2.40. The van der Waals surface area contributed by atoms with Crippen LogP contribution in [0.3, 0.4) is 0 Å². The summed E-state index contributed by atoms with van der Waals surface area (Å²) in [6.07, 6.45) is 0.217. The number of ether oxygens (including phenoxy) is 1. The SMILES string of the molecule is CC(C)C(C)Oc1ccccc1-c1ccccc1. The highest BCUT2D eigenvalue weighted by atomic mass is 16.5. The van der Waals surface area contributed by atoms with E-state index in [4.69, 9.17) is 4.74 Å². The Labute approximate surface area is 109 Å². The van der Waals surface area contributed by atoms with E-state index in [1.54, 1.807) is 0 Å². The third-order valence-corrected chi connectivity index (χ3v) is 3.22. The van der Waals surface area contributed by atoms with Crippen LogP contribution in [-0.4, -0.2) is 6.10 Å². The van der Waals surface area contributed by atoms with E-state index in [-0.39, 0.29) is 6.10 Å². The van der Waals surface area contributed by atoms with Gasteiger partial charge in [0.2, 0.25) is 0 Å². The van der Waals surface area contributed by atoms with Gasteiger partial charge in [-0.3, -0.25) is 0 Å². The zero-order valence-corrected chi connectivity index (χ0v) is 11.3. The van der Waals surface area contributed by atoms with Gasteiger partial charge in [0.05, 0.1) is 6.10 Å². The van der Waals surface area contributed by atoms with Crippen LogP contribution >= 0.6 is 0 Å². The van der Waals surface area contributed by atoms with Gasteiger partial charge >= 0.3 is 0 Å². The summed E-state index contributed by atoms with van der Waals surface area (Å²) >= 11 is 0. The first kappa shape index (κ1) is 12.7. The minimum Gasteiger partial charge on any atom is -0.490 e. The summed E-state index contributed by atoms with van der Waals surface area (Å²) in [6.45, 7) is 6.47. The Kier molecular flexibility index (Phi) is 4.03. The average molecular weight is 240 g/mol. The molecule has 94 valence electrons. The van der Waals surface area contributed by atoms with Crippen molar-refractivity contribution in [1.82, 2.24) is 0 Å². The molecule has 0 aliphatic heterocycles. The Bertz CT molecular complexity index is 488. The normalized spacial score (nSPS) is 12.4. The largest absolute Gasteiger partial charge is 0.490 e. The molecule has 0 N–H and O–H groups in total. The van der Waals surface area contributed by atoms with Crippen molar-refractivity contribution in [2.24, 2.45) is 5.92 Å². The highest BCUT2D eigenvalue weighted by molar-refractivity contribution is 5.70. The molecule has 0 aliphatic rings. The van der Waals surface area contributed by atoms with Crippen molar-refractivity contribution in [1.29, 1.82) is 0 Å². The molecule has 1 unspecified atom stereocenters. The Morgan fingerprint density at radius 1 is 0.778 bits per heavy atom. The molecule has 1 atom stereocenters. The molecule has 0 bridgehead atoms. The molecule has 0 spiro atoms. The monoisotopic (exact) mass is 240 g/mol. The van der Waals surface area contributed by atoms with E-state index in [1.165, 1.54) is 5.56 Å². The first-order valence-corrected chi connectivity index (χ1v) is 6.49. The van der Waals surface area contributed by atoms with E-state index in [9.17, 15) is 0 Å². The van der Waals surface area contributed by atoms with E-state index in [2.05, 4.69) is 57.2 Å². The maximum atomic E-state index is 6.06. The lowest BCUT2D eigenvalue weighted by atomic mass is 10.0. The Morgan fingerprint density at radius 2 is 1.39 bits per heavy atom. The minimum atomic E-state index is 0.217. The first-order chi connectivity index (χ1) is 8.68. The van der Waals surface area contributed by atoms with E-state index in [0.29, 0.717) is 5.92 Å². The lowest BCUT2D eigenvalue weighted by molar-refractivity contribution is 0.171. The highest BCUT2D eigenvalue weighted by Gasteiger charge is 2.12. The Hall–Kier alpha value is -1.76. The van der Waals surface area contributed by atoms with E-state index in [1.807, 2.05) is 18.2 Å². The zero-order valence-electron chi connectivity index (χ0n) is 11.3. The summed E-state index contributed by atoms with van der Waals surface area (Å²) < 4.78 is 6.06. The lowest BCUT2D eigenvalue weighted by Crippen LogP contribution is -2.18. The van der Waals surface area contributed by atoms with Gasteiger partial charge in [0, 0.05) is 5.56 Å². The summed E-state index contributed by atoms with van der Waals surface area (Å²) in [5.41, 5.74) is 2.36. The Balaban J connectivity index is 2.32. The maximum absolute atomic E-state index is 6.06. The van der Waals surface area contributed by atoms with Gasteiger partial charge in [-0.1, -0.05) is 62.4 Å². The van der Waals surface area contributed by atoms with Crippen LogP contribution in [0.4, 0.5) is 0 Å². The van der Waals surface area contributed by atoms with Crippen molar-refractivity contribution in [2.45, 2.75) is 26.9 Å². The lowest BCUT2D eigenvalue weighted by Gasteiger charge is -2.20. The van der Waals surface area contributed by atoms with Crippen molar-refractivity contribution in [3.8, 4) is 16.9 Å².